The summed E-state index contributed by atoms with van der Waals surface area (Å²) in [5.41, 5.74) is 5.22. The average molecular weight is 337 g/mol. The number of nitrogens with one attached hydrogen (secondary N) is 1. The molecule has 0 spiro atoms. The van der Waals surface area contributed by atoms with Crippen LogP contribution in [0.1, 0.15) is 0 Å². The van der Waals surface area contributed by atoms with E-state index >= 15 is 0 Å². The van der Waals surface area contributed by atoms with Crippen molar-refractivity contribution in [3.05, 3.63) is 23.8 Å². The molecule has 1 aromatic carbocycles. The lowest BCUT2D eigenvalue weighted by Gasteiger charge is -2.26. The number of hydrogen-bond donors (Lipinski definition) is 2. The molecule has 0 atom stereocenters. The molecule has 1 fully saturated rings. The molecule has 1 heterocycles. The number of thioether (sulfide) groups is 1. The number of sulfonamides is 1. The van der Waals surface area contributed by atoms with E-state index in [9.17, 15) is 17.2 Å². The number of nitrogens with two attached hydrogens (primary N) is 1. The van der Waals surface area contributed by atoms with Crippen LogP contribution in [0.5, 0.6) is 0 Å². The van der Waals surface area contributed by atoms with E-state index in [2.05, 4.69) is 9.62 Å². The monoisotopic (exact) mass is 337 g/mol. The Labute approximate surface area is 126 Å². The van der Waals surface area contributed by atoms with Gasteiger partial charge in [-0.2, -0.15) is 11.8 Å². The minimum Gasteiger partial charge on any atom is -0.399 e. The molecule has 118 valence electrons. The van der Waals surface area contributed by atoms with E-state index in [0.717, 1.165) is 36.7 Å². The molecular formula is C12H17F2N3O2S2. The molecule has 0 unspecified atom stereocenters. The largest absolute Gasteiger partial charge is 0.399 e. The van der Waals surface area contributed by atoms with Gasteiger partial charge in [0.15, 0.2) is 11.6 Å². The maximum atomic E-state index is 13.6. The third-order valence-corrected chi connectivity index (χ3v) is 5.53. The van der Waals surface area contributed by atoms with E-state index in [1.54, 1.807) is 0 Å². The zero-order chi connectivity index (χ0) is 15.5. The van der Waals surface area contributed by atoms with Gasteiger partial charge in [0.05, 0.1) is 0 Å². The molecule has 0 saturated carbocycles. The van der Waals surface area contributed by atoms with Crippen LogP contribution in [0.3, 0.4) is 0 Å². The Hall–Kier alpha value is -0.900. The second-order valence-electron chi connectivity index (χ2n) is 4.67. The van der Waals surface area contributed by atoms with Crippen LogP contribution in [0.15, 0.2) is 17.0 Å². The van der Waals surface area contributed by atoms with E-state index in [1.165, 1.54) is 0 Å². The van der Waals surface area contributed by atoms with Crippen molar-refractivity contribution < 1.29 is 17.2 Å². The van der Waals surface area contributed by atoms with Gasteiger partial charge in [-0.15, -0.1) is 0 Å². The number of halogens is 2. The van der Waals surface area contributed by atoms with Crippen molar-refractivity contribution in [1.29, 1.82) is 0 Å². The Kier molecular flexibility index (Phi) is 5.42. The molecule has 2 rings (SSSR count). The van der Waals surface area contributed by atoms with Crippen LogP contribution in [-0.2, 0) is 10.0 Å². The van der Waals surface area contributed by atoms with Crippen LogP contribution in [-0.4, -0.2) is 51.0 Å². The lowest BCUT2D eigenvalue weighted by atomic mass is 10.3. The fraction of sp³-hybridized carbons (Fsp3) is 0.500. The fourth-order valence-electron chi connectivity index (χ4n) is 2.02. The summed E-state index contributed by atoms with van der Waals surface area (Å²) in [6, 6.07) is 1.66. The second-order valence-corrected chi connectivity index (χ2v) is 7.63. The molecule has 0 aromatic heterocycles. The van der Waals surface area contributed by atoms with E-state index < -0.39 is 26.6 Å². The molecule has 3 N–H and O–H groups in total. The minimum atomic E-state index is -4.11. The quantitative estimate of drug-likeness (QED) is 0.780. The van der Waals surface area contributed by atoms with Crippen molar-refractivity contribution in [3.63, 3.8) is 0 Å². The fourth-order valence-corrected chi connectivity index (χ4v) is 4.14. The van der Waals surface area contributed by atoms with Gasteiger partial charge in [-0.05, 0) is 12.1 Å². The van der Waals surface area contributed by atoms with E-state index in [0.29, 0.717) is 6.54 Å². The predicted molar refractivity (Wildman–Crippen MR) is 79.7 cm³/mol. The Bertz CT molecular complexity index is 605. The van der Waals surface area contributed by atoms with Crippen molar-refractivity contribution in [3.8, 4) is 0 Å². The average Bonchev–Trinajstić information content (AvgIpc) is 2.43. The Balaban J connectivity index is 2.01. The molecular weight excluding hydrogens is 320 g/mol. The minimum absolute atomic E-state index is 0.137. The van der Waals surface area contributed by atoms with Crippen LogP contribution < -0.4 is 10.5 Å². The SMILES string of the molecule is Nc1cc(F)c(F)c(S(=O)(=O)NCCN2CCSCC2)c1. The molecule has 1 saturated heterocycles. The van der Waals surface area contributed by atoms with E-state index in [4.69, 9.17) is 5.73 Å². The first-order chi connectivity index (χ1) is 9.90. The van der Waals surface area contributed by atoms with Crippen LogP contribution in [0.2, 0.25) is 0 Å². The number of anilines is 1. The molecule has 0 bridgehead atoms. The number of nitrogen functional groups attached to an aromatic ring is 1. The van der Waals surface area contributed by atoms with Crippen LogP contribution in [0.4, 0.5) is 14.5 Å². The molecule has 1 aliphatic rings. The molecule has 0 amide bonds. The van der Waals surface area contributed by atoms with Gasteiger partial charge in [0.25, 0.3) is 0 Å². The number of rotatable bonds is 5. The van der Waals surface area contributed by atoms with Crippen LogP contribution >= 0.6 is 11.8 Å². The zero-order valence-electron chi connectivity index (χ0n) is 11.3. The highest BCUT2D eigenvalue weighted by Crippen LogP contribution is 2.20. The topological polar surface area (TPSA) is 75.4 Å². The highest BCUT2D eigenvalue weighted by atomic mass is 32.2. The summed E-state index contributed by atoms with van der Waals surface area (Å²) in [6.45, 7) is 2.47. The van der Waals surface area contributed by atoms with Crippen molar-refractivity contribution in [2.24, 2.45) is 0 Å². The predicted octanol–water partition coefficient (Wildman–Crippen LogP) is 0.874. The first-order valence-corrected chi connectivity index (χ1v) is 9.08. The third kappa shape index (κ3) is 4.29. The van der Waals surface area contributed by atoms with Crippen molar-refractivity contribution in [2.75, 3.05) is 43.4 Å². The van der Waals surface area contributed by atoms with Crippen molar-refractivity contribution in [1.82, 2.24) is 9.62 Å². The normalized spacial score (nSPS) is 17.0. The summed E-state index contributed by atoms with van der Waals surface area (Å²) in [4.78, 5) is 1.36. The van der Waals surface area contributed by atoms with Gasteiger partial charge < -0.3 is 10.6 Å². The Morgan fingerprint density at radius 1 is 1.29 bits per heavy atom. The molecule has 0 radical (unpaired) electrons. The van der Waals surface area contributed by atoms with Gasteiger partial charge in [0, 0.05) is 43.4 Å². The van der Waals surface area contributed by atoms with Crippen molar-refractivity contribution >= 4 is 27.5 Å². The number of benzene rings is 1. The molecule has 21 heavy (non-hydrogen) atoms. The van der Waals surface area contributed by atoms with Crippen LogP contribution in [0, 0.1) is 11.6 Å². The van der Waals surface area contributed by atoms with Gasteiger partial charge in [-0.1, -0.05) is 0 Å². The summed E-state index contributed by atoms with van der Waals surface area (Å²) in [7, 11) is -4.11. The number of nitrogens with zero attached hydrogens (tertiary/aromatic N) is 1. The lowest BCUT2D eigenvalue weighted by molar-refractivity contribution is 0.307. The van der Waals surface area contributed by atoms with E-state index in [-0.39, 0.29) is 12.2 Å². The highest BCUT2D eigenvalue weighted by molar-refractivity contribution is 7.99. The standard InChI is InChI=1S/C12H17F2N3O2S2/c13-10-7-9(15)8-11(12(10)14)21(18,19)16-1-2-17-3-5-20-6-4-17/h7-8,16H,1-6,15H2. The molecule has 0 aliphatic carbocycles. The smallest absolute Gasteiger partial charge is 0.243 e. The summed E-state index contributed by atoms with van der Waals surface area (Å²) >= 11 is 1.85. The number of hydrogen-bond acceptors (Lipinski definition) is 5. The first kappa shape index (κ1) is 16.5. The zero-order valence-corrected chi connectivity index (χ0v) is 12.9. The van der Waals surface area contributed by atoms with Crippen molar-refractivity contribution in [2.45, 2.75) is 4.90 Å². The second kappa shape index (κ2) is 6.91. The first-order valence-electron chi connectivity index (χ1n) is 6.44. The Morgan fingerprint density at radius 2 is 1.95 bits per heavy atom. The van der Waals surface area contributed by atoms with Crippen LogP contribution in [0.25, 0.3) is 0 Å². The molecule has 5 nitrogen and oxygen atoms in total. The molecule has 9 heteroatoms. The summed E-state index contributed by atoms with van der Waals surface area (Å²) in [6.07, 6.45) is 0. The maximum Gasteiger partial charge on any atom is 0.243 e. The maximum absolute atomic E-state index is 13.6. The Morgan fingerprint density at radius 3 is 2.62 bits per heavy atom. The van der Waals surface area contributed by atoms with Gasteiger partial charge in [-0.25, -0.2) is 21.9 Å². The lowest BCUT2D eigenvalue weighted by Crippen LogP contribution is -2.39. The summed E-state index contributed by atoms with van der Waals surface area (Å²) in [5.74, 6) is -0.654. The van der Waals surface area contributed by atoms with E-state index in [1.807, 2.05) is 11.8 Å². The summed E-state index contributed by atoms with van der Waals surface area (Å²) < 4.78 is 53.1. The molecule has 1 aliphatic heterocycles. The van der Waals surface area contributed by atoms with Gasteiger partial charge in [-0.3, -0.25) is 0 Å². The van der Waals surface area contributed by atoms with Gasteiger partial charge in [0.2, 0.25) is 10.0 Å². The third-order valence-electron chi connectivity index (χ3n) is 3.13. The van der Waals surface area contributed by atoms with Gasteiger partial charge in [0.1, 0.15) is 4.90 Å². The molecule has 1 aromatic rings. The van der Waals surface area contributed by atoms with Gasteiger partial charge >= 0.3 is 0 Å². The highest BCUT2D eigenvalue weighted by Gasteiger charge is 2.22. The summed E-state index contributed by atoms with van der Waals surface area (Å²) in [5, 5.41) is 0.